The number of hydrazine groups is 1. The van der Waals surface area contributed by atoms with E-state index in [-0.39, 0.29) is 0 Å². The summed E-state index contributed by atoms with van der Waals surface area (Å²) in [4.78, 5) is 9.22. The molecule has 1 aliphatic heterocycles. The lowest BCUT2D eigenvalue weighted by Gasteiger charge is -2.31. The summed E-state index contributed by atoms with van der Waals surface area (Å²) in [5.74, 6) is 6.92. The number of nitrogens with zero attached hydrogens (tertiary/aromatic N) is 3. The molecule has 1 aromatic rings. The highest BCUT2D eigenvalue weighted by Crippen LogP contribution is 2.17. The van der Waals surface area contributed by atoms with Crippen LogP contribution in [-0.2, 0) is 6.54 Å². The maximum absolute atomic E-state index is 5.38. The second-order valence-corrected chi connectivity index (χ2v) is 5.60. The van der Waals surface area contributed by atoms with Gasteiger partial charge in [-0.1, -0.05) is 6.07 Å². The van der Waals surface area contributed by atoms with Crippen molar-refractivity contribution >= 4 is 5.82 Å². The van der Waals surface area contributed by atoms with Crippen LogP contribution in [0.3, 0.4) is 0 Å². The Morgan fingerprint density at radius 3 is 2.84 bits per heavy atom. The van der Waals surface area contributed by atoms with Gasteiger partial charge in [-0.25, -0.2) is 10.8 Å². The molecule has 0 unspecified atom stereocenters. The Kier molecular flexibility index (Phi) is 5.13. The summed E-state index contributed by atoms with van der Waals surface area (Å²) in [5.41, 5.74) is 3.65. The number of rotatable bonds is 5. The van der Waals surface area contributed by atoms with Gasteiger partial charge in [0.15, 0.2) is 0 Å². The molecule has 5 nitrogen and oxygen atoms in total. The molecule has 0 saturated carbocycles. The number of hydrogen-bond acceptors (Lipinski definition) is 5. The largest absolute Gasteiger partial charge is 0.308 e. The SMILES string of the molecule is CN1CCC(CN(C)Cc2cccc(NN)n2)CC1. The monoisotopic (exact) mass is 263 g/mol. The molecule has 0 bridgehead atoms. The van der Waals surface area contributed by atoms with Gasteiger partial charge in [-0.2, -0.15) is 0 Å². The maximum atomic E-state index is 5.38. The van der Waals surface area contributed by atoms with Gasteiger partial charge in [-0.3, -0.25) is 0 Å². The maximum Gasteiger partial charge on any atom is 0.140 e. The zero-order chi connectivity index (χ0) is 13.7. The molecule has 1 aliphatic rings. The Morgan fingerprint density at radius 2 is 2.16 bits per heavy atom. The van der Waals surface area contributed by atoms with Gasteiger partial charge in [-0.15, -0.1) is 0 Å². The Bertz CT molecular complexity index is 387. The molecule has 0 amide bonds. The van der Waals surface area contributed by atoms with E-state index in [2.05, 4.69) is 34.3 Å². The van der Waals surface area contributed by atoms with Crippen LogP contribution in [0.5, 0.6) is 0 Å². The van der Waals surface area contributed by atoms with Crippen LogP contribution in [0.1, 0.15) is 18.5 Å². The fourth-order valence-corrected chi connectivity index (χ4v) is 2.67. The molecular weight excluding hydrogens is 238 g/mol. The van der Waals surface area contributed by atoms with E-state index in [9.17, 15) is 0 Å². The normalized spacial score (nSPS) is 17.9. The van der Waals surface area contributed by atoms with Crippen LogP contribution >= 0.6 is 0 Å². The summed E-state index contributed by atoms with van der Waals surface area (Å²) in [5, 5.41) is 0. The first kappa shape index (κ1) is 14.2. The van der Waals surface area contributed by atoms with Crippen LogP contribution in [0, 0.1) is 5.92 Å². The highest BCUT2D eigenvalue weighted by Gasteiger charge is 2.18. The third-order valence-electron chi connectivity index (χ3n) is 3.79. The van der Waals surface area contributed by atoms with Crippen LogP contribution < -0.4 is 11.3 Å². The minimum Gasteiger partial charge on any atom is -0.308 e. The first-order valence-corrected chi connectivity index (χ1v) is 6.97. The lowest BCUT2D eigenvalue weighted by Crippen LogP contribution is -2.35. The van der Waals surface area contributed by atoms with Gasteiger partial charge in [-0.05, 0) is 58.1 Å². The summed E-state index contributed by atoms with van der Waals surface area (Å²) >= 11 is 0. The van der Waals surface area contributed by atoms with E-state index < -0.39 is 0 Å². The first-order chi connectivity index (χ1) is 9.17. The number of hydrogen-bond donors (Lipinski definition) is 2. The fourth-order valence-electron chi connectivity index (χ4n) is 2.67. The fraction of sp³-hybridized carbons (Fsp3) is 0.643. The van der Waals surface area contributed by atoms with Crippen LogP contribution in [0.25, 0.3) is 0 Å². The first-order valence-electron chi connectivity index (χ1n) is 6.97. The Hall–Kier alpha value is -1.17. The van der Waals surface area contributed by atoms with Gasteiger partial charge in [0.25, 0.3) is 0 Å². The highest BCUT2D eigenvalue weighted by atomic mass is 15.3. The average Bonchev–Trinajstić information content (AvgIpc) is 2.41. The van der Waals surface area contributed by atoms with E-state index in [1.165, 1.54) is 25.9 Å². The molecule has 3 N–H and O–H groups in total. The molecule has 0 aliphatic carbocycles. The minimum absolute atomic E-state index is 0.727. The highest BCUT2D eigenvalue weighted by molar-refractivity contribution is 5.33. The van der Waals surface area contributed by atoms with E-state index in [1.807, 2.05) is 18.2 Å². The second-order valence-electron chi connectivity index (χ2n) is 5.60. The third kappa shape index (κ3) is 4.45. The molecule has 19 heavy (non-hydrogen) atoms. The molecular formula is C14H25N5. The minimum atomic E-state index is 0.727. The van der Waals surface area contributed by atoms with Gasteiger partial charge in [0.2, 0.25) is 0 Å². The summed E-state index contributed by atoms with van der Waals surface area (Å²) < 4.78 is 0. The van der Waals surface area contributed by atoms with Crippen molar-refractivity contribution in [3.05, 3.63) is 23.9 Å². The third-order valence-corrected chi connectivity index (χ3v) is 3.79. The quantitative estimate of drug-likeness (QED) is 0.616. The average molecular weight is 263 g/mol. The number of nitrogen functional groups attached to an aromatic ring is 1. The van der Waals surface area contributed by atoms with Crippen molar-refractivity contribution in [2.24, 2.45) is 11.8 Å². The van der Waals surface area contributed by atoms with Crippen molar-refractivity contribution in [2.75, 3.05) is 39.2 Å². The number of pyridine rings is 1. The van der Waals surface area contributed by atoms with Crippen molar-refractivity contribution in [2.45, 2.75) is 19.4 Å². The number of piperidine rings is 1. The topological polar surface area (TPSA) is 57.4 Å². The smallest absolute Gasteiger partial charge is 0.140 e. The van der Waals surface area contributed by atoms with E-state index in [4.69, 9.17) is 5.84 Å². The molecule has 1 aromatic heterocycles. The van der Waals surface area contributed by atoms with E-state index in [0.717, 1.165) is 30.5 Å². The predicted molar refractivity (Wildman–Crippen MR) is 78.6 cm³/mol. The zero-order valence-corrected chi connectivity index (χ0v) is 12.0. The van der Waals surface area contributed by atoms with Gasteiger partial charge in [0, 0.05) is 13.1 Å². The van der Waals surface area contributed by atoms with Gasteiger partial charge >= 0.3 is 0 Å². The number of aromatic nitrogens is 1. The van der Waals surface area contributed by atoms with E-state index >= 15 is 0 Å². The molecule has 5 heteroatoms. The number of nitrogens with two attached hydrogens (primary N) is 1. The van der Waals surface area contributed by atoms with Crippen molar-refractivity contribution in [1.82, 2.24) is 14.8 Å². The van der Waals surface area contributed by atoms with Crippen LogP contribution in [-0.4, -0.2) is 48.5 Å². The number of likely N-dealkylation sites (tertiary alicyclic amines) is 1. The van der Waals surface area contributed by atoms with E-state index in [0.29, 0.717) is 0 Å². The second kappa shape index (κ2) is 6.84. The Labute approximate surface area is 115 Å². The molecule has 0 spiro atoms. The summed E-state index contributed by atoms with van der Waals surface area (Å²) in [6, 6.07) is 5.91. The molecule has 106 valence electrons. The summed E-state index contributed by atoms with van der Waals surface area (Å²) in [7, 11) is 4.37. The molecule has 1 fully saturated rings. The van der Waals surface area contributed by atoms with Crippen molar-refractivity contribution in [3.63, 3.8) is 0 Å². The van der Waals surface area contributed by atoms with Crippen molar-refractivity contribution < 1.29 is 0 Å². The van der Waals surface area contributed by atoms with Crippen molar-refractivity contribution in [3.8, 4) is 0 Å². The van der Waals surface area contributed by atoms with Gasteiger partial charge < -0.3 is 15.2 Å². The molecule has 0 atom stereocenters. The van der Waals surface area contributed by atoms with Crippen molar-refractivity contribution in [1.29, 1.82) is 0 Å². The molecule has 2 rings (SSSR count). The summed E-state index contributed by atoms with van der Waals surface area (Å²) in [6.07, 6.45) is 2.61. The van der Waals surface area contributed by atoms with Gasteiger partial charge in [0.05, 0.1) is 5.69 Å². The molecule has 0 aromatic carbocycles. The van der Waals surface area contributed by atoms with Crippen LogP contribution in [0.2, 0.25) is 0 Å². The predicted octanol–water partition coefficient (Wildman–Crippen LogP) is 1.14. The zero-order valence-electron chi connectivity index (χ0n) is 12.0. The Balaban J connectivity index is 1.81. The lowest BCUT2D eigenvalue weighted by atomic mass is 9.96. The lowest BCUT2D eigenvalue weighted by molar-refractivity contribution is 0.172. The Morgan fingerprint density at radius 1 is 1.42 bits per heavy atom. The number of nitrogens with one attached hydrogen (secondary N) is 1. The van der Waals surface area contributed by atoms with Gasteiger partial charge in [0.1, 0.15) is 5.82 Å². The van der Waals surface area contributed by atoms with Crippen LogP contribution in [0.15, 0.2) is 18.2 Å². The van der Waals surface area contributed by atoms with E-state index in [1.54, 1.807) is 0 Å². The molecule has 2 heterocycles. The standard InChI is InChI=1S/C14H25N5/c1-18-8-6-12(7-9-18)10-19(2)11-13-4-3-5-14(16-13)17-15/h3-5,12H,6-11,15H2,1-2H3,(H,16,17). The number of anilines is 1. The summed E-state index contributed by atoms with van der Waals surface area (Å²) in [6.45, 7) is 4.48. The van der Waals surface area contributed by atoms with Crippen LogP contribution in [0.4, 0.5) is 5.82 Å². The molecule has 0 radical (unpaired) electrons. The molecule has 1 saturated heterocycles.